The molecule has 1 aliphatic rings. The molecule has 1 aromatic rings. The van der Waals surface area contributed by atoms with Crippen LogP contribution in [-0.2, 0) is 11.2 Å². The number of carbonyl (C=O) groups is 1. The molecule has 2 rings (SSSR count). The van der Waals surface area contributed by atoms with E-state index < -0.39 is 6.10 Å². The molecule has 1 heterocycles. The average Bonchev–Trinajstić information content (AvgIpc) is 3.03. The zero-order valence-corrected chi connectivity index (χ0v) is 12.8. The third kappa shape index (κ3) is 3.79. The smallest absolute Gasteiger partial charge is 0.229 e. The van der Waals surface area contributed by atoms with E-state index in [1.807, 2.05) is 13.8 Å². The summed E-state index contributed by atoms with van der Waals surface area (Å²) < 4.78 is 5.13. The highest BCUT2D eigenvalue weighted by molar-refractivity contribution is 5.79. The Morgan fingerprint density at radius 2 is 2.24 bits per heavy atom. The fourth-order valence-electron chi connectivity index (χ4n) is 2.54. The van der Waals surface area contributed by atoms with Crippen molar-refractivity contribution in [2.24, 2.45) is 11.7 Å². The Balaban J connectivity index is 1.83. The molecule has 0 unspecified atom stereocenters. The largest absolute Gasteiger partial charge is 0.391 e. The minimum absolute atomic E-state index is 0.0228. The first-order chi connectivity index (χ1) is 9.88. The van der Waals surface area contributed by atoms with Gasteiger partial charge in [0.15, 0.2) is 5.82 Å². The molecule has 7 nitrogen and oxygen atoms in total. The summed E-state index contributed by atoms with van der Waals surface area (Å²) in [5.41, 5.74) is 5.75. The average molecular weight is 296 g/mol. The van der Waals surface area contributed by atoms with Gasteiger partial charge in [-0.1, -0.05) is 19.0 Å². The Morgan fingerprint density at radius 3 is 2.76 bits per heavy atom. The molecule has 0 bridgehead atoms. The Hall–Kier alpha value is -1.47. The summed E-state index contributed by atoms with van der Waals surface area (Å²) in [5, 5.41) is 13.5. The highest BCUT2D eigenvalue weighted by atomic mass is 16.5. The predicted molar refractivity (Wildman–Crippen MR) is 76.4 cm³/mol. The zero-order chi connectivity index (χ0) is 15.6. The van der Waals surface area contributed by atoms with Crippen molar-refractivity contribution >= 4 is 5.91 Å². The summed E-state index contributed by atoms with van der Waals surface area (Å²) in [6.45, 7) is 4.50. The summed E-state index contributed by atoms with van der Waals surface area (Å²) in [6, 6.07) is -0.293. The lowest BCUT2D eigenvalue weighted by Crippen LogP contribution is -2.34. The van der Waals surface area contributed by atoms with Gasteiger partial charge in [-0.25, -0.2) is 0 Å². The molecule has 118 valence electrons. The van der Waals surface area contributed by atoms with Gasteiger partial charge in [0.05, 0.1) is 6.10 Å². The quantitative estimate of drug-likeness (QED) is 0.809. The molecule has 21 heavy (non-hydrogen) atoms. The van der Waals surface area contributed by atoms with Crippen LogP contribution in [0.15, 0.2) is 4.52 Å². The second-order valence-corrected chi connectivity index (χ2v) is 6.11. The third-order valence-corrected chi connectivity index (χ3v) is 3.95. The number of likely N-dealkylation sites (N-methyl/N-ethyl adjacent to an activating group) is 1. The Bertz CT molecular complexity index is 478. The van der Waals surface area contributed by atoms with Gasteiger partial charge in [0.1, 0.15) is 0 Å². The van der Waals surface area contributed by atoms with Crippen LogP contribution in [0.2, 0.25) is 0 Å². The summed E-state index contributed by atoms with van der Waals surface area (Å²) in [4.78, 5) is 18.2. The van der Waals surface area contributed by atoms with Crippen LogP contribution in [-0.4, -0.2) is 51.8 Å². The lowest BCUT2D eigenvalue weighted by Gasteiger charge is -2.20. The maximum absolute atomic E-state index is 12.3. The van der Waals surface area contributed by atoms with Crippen LogP contribution in [0.4, 0.5) is 0 Å². The van der Waals surface area contributed by atoms with Crippen LogP contribution in [0.1, 0.15) is 44.3 Å². The van der Waals surface area contributed by atoms with Crippen LogP contribution in [0.5, 0.6) is 0 Å². The van der Waals surface area contributed by atoms with E-state index in [4.69, 9.17) is 10.3 Å². The Labute approximate surface area is 124 Å². The van der Waals surface area contributed by atoms with Crippen molar-refractivity contribution in [3.63, 3.8) is 0 Å². The van der Waals surface area contributed by atoms with E-state index >= 15 is 0 Å². The molecule has 1 amide bonds. The molecule has 3 atom stereocenters. The molecule has 1 fully saturated rings. The molecular formula is C14H24N4O3. The number of nitrogens with zero attached hydrogens (tertiary/aromatic N) is 3. The van der Waals surface area contributed by atoms with Gasteiger partial charge >= 0.3 is 0 Å². The monoisotopic (exact) mass is 296 g/mol. The molecule has 0 saturated heterocycles. The van der Waals surface area contributed by atoms with Gasteiger partial charge in [-0.05, 0) is 12.8 Å². The predicted octanol–water partition coefficient (Wildman–Crippen LogP) is 0.292. The number of aliphatic hydroxyl groups excluding tert-OH is 1. The van der Waals surface area contributed by atoms with E-state index in [1.165, 1.54) is 0 Å². The van der Waals surface area contributed by atoms with E-state index in [1.54, 1.807) is 11.9 Å². The maximum Gasteiger partial charge on any atom is 0.229 e. The molecule has 3 N–H and O–H groups in total. The molecule has 1 saturated carbocycles. The van der Waals surface area contributed by atoms with Crippen molar-refractivity contribution < 1.29 is 14.4 Å². The first-order valence-electron chi connectivity index (χ1n) is 7.39. The van der Waals surface area contributed by atoms with Gasteiger partial charge < -0.3 is 20.3 Å². The highest BCUT2D eigenvalue weighted by Crippen LogP contribution is 2.26. The number of rotatable bonds is 5. The maximum atomic E-state index is 12.3. The van der Waals surface area contributed by atoms with Crippen LogP contribution in [0.3, 0.4) is 0 Å². The lowest BCUT2D eigenvalue weighted by molar-refractivity contribution is -0.134. The summed E-state index contributed by atoms with van der Waals surface area (Å²) in [6.07, 6.45) is 0.978. The number of hydrogen-bond donors (Lipinski definition) is 2. The van der Waals surface area contributed by atoms with Gasteiger partial charge in [0.2, 0.25) is 11.8 Å². The van der Waals surface area contributed by atoms with Crippen LogP contribution in [0.25, 0.3) is 0 Å². The minimum Gasteiger partial charge on any atom is -0.391 e. The standard InChI is InChI=1S/C14H24N4O3/c1-8(2)13-16-12(17-21-13)4-5-18(3)14(20)9-6-10(15)11(19)7-9/h8-11,19H,4-7,15H2,1-3H3/t9-,10+,11+/m0/s1. The van der Waals surface area contributed by atoms with Crippen LogP contribution >= 0.6 is 0 Å². The van der Waals surface area contributed by atoms with Crippen molar-refractivity contribution in [1.82, 2.24) is 15.0 Å². The molecule has 0 spiro atoms. The van der Waals surface area contributed by atoms with Crippen molar-refractivity contribution in [3.8, 4) is 0 Å². The molecular weight excluding hydrogens is 272 g/mol. The van der Waals surface area contributed by atoms with Gasteiger partial charge in [-0.3, -0.25) is 4.79 Å². The summed E-state index contributed by atoms with van der Waals surface area (Å²) in [5.74, 6) is 1.27. The van der Waals surface area contributed by atoms with Gasteiger partial charge in [0.25, 0.3) is 0 Å². The minimum atomic E-state index is -0.571. The van der Waals surface area contributed by atoms with E-state index in [0.29, 0.717) is 37.5 Å². The van der Waals surface area contributed by atoms with Crippen LogP contribution < -0.4 is 5.73 Å². The molecule has 7 heteroatoms. The van der Waals surface area contributed by atoms with Crippen molar-refractivity contribution in [2.75, 3.05) is 13.6 Å². The topological polar surface area (TPSA) is 105 Å². The fourth-order valence-corrected chi connectivity index (χ4v) is 2.54. The second-order valence-electron chi connectivity index (χ2n) is 6.11. The molecule has 0 aromatic carbocycles. The van der Waals surface area contributed by atoms with E-state index in [9.17, 15) is 9.90 Å². The number of aliphatic hydroxyl groups is 1. The molecule has 1 aromatic heterocycles. The SMILES string of the molecule is CC(C)c1nc(CCN(C)C(=O)[C@H]2C[C@@H](N)[C@H](O)C2)no1. The summed E-state index contributed by atoms with van der Waals surface area (Å²) in [7, 11) is 1.75. The lowest BCUT2D eigenvalue weighted by atomic mass is 10.1. The number of carbonyl (C=O) groups excluding carboxylic acids is 1. The van der Waals surface area contributed by atoms with Gasteiger partial charge in [-0.2, -0.15) is 4.98 Å². The van der Waals surface area contributed by atoms with Crippen LogP contribution in [0, 0.1) is 5.92 Å². The molecule has 1 aliphatic carbocycles. The molecule has 0 radical (unpaired) electrons. The number of amides is 1. The number of hydrogen-bond acceptors (Lipinski definition) is 6. The summed E-state index contributed by atoms with van der Waals surface area (Å²) >= 11 is 0. The first-order valence-corrected chi connectivity index (χ1v) is 7.39. The van der Waals surface area contributed by atoms with Gasteiger partial charge in [0, 0.05) is 37.9 Å². The molecule has 0 aliphatic heterocycles. The Kier molecular flexibility index (Phi) is 4.95. The number of nitrogens with two attached hydrogens (primary N) is 1. The zero-order valence-electron chi connectivity index (χ0n) is 12.8. The Morgan fingerprint density at radius 1 is 1.52 bits per heavy atom. The first kappa shape index (κ1) is 15.9. The van der Waals surface area contributed by atoms with E-state index in [-0.39, 0.29) is 23.8 Å². The third-order valence-electron chi connectivity index (χ3n) is 3.95. The second kappa shape index (κ2) is 6.53. The fraction of sp³-hybridized carbons (Fsp3) is 0.786. The van der Waals surface area contributed by atoms with Gasteiger partial charge in [-0.15, -0.1) is 0 Å². The highest BCUT2D eigenvalue weighted by Gasteiger charge is 2.35. The van der Waals surface area contributed by atoms with Crippen molar-refractivity contribution in [1.29, 1.82) is 0 Å². The van der Waals surface area contributed by atoms with Crippen molar-refractivity contribution in [3.05, 3.63) is 11.7 Å². The normalized spacial score (nSPS) is 25.5. The van der Waals surface area contributed by atoms with E-state index in [2.05, 4.69) is 10.1 Å². The number of aromatic nitrogens is 2. The van der Waals surface area contributed by atoms with E-state index in [0.717, 1.165) is 0 Å². The van der Waals surface area contributed by atoms with Crippen molar-refractivity contribution in [2.45, 2.75) is 51.2 Å².